The van der Waals surface area contributed by atoms with Crippen LogP contribution in [0.15, 0.2) is 11.4 Å². The molecule has 3 rings (SSSR count). The fourth-order valence-corrected chi connectivity index (χ4v) is 3.52. The van der Waals surface area contributed by atoms with Gasteiger partial charge in [0.15, 0.2) is 0 Å². The van der Waals surface area contributed by atoms with E-state index in [9.17, 15) is 0 Å². The largest absolute Gasteiger partial charge is 0.379 e. The normalized spacial score (nSPS) is 22.3. The molecule has 2 unspecified atom stereocenters. The van der Waals surface area contributed by atoms with Crippen LogP contribution in [0, 0.1) is 0 Å². The van der Waals surface area contributed by atoms with E-state index in [-0.39, 0.29) is 6.10 Å². The van der Waals surface area contributed by atoms with Gasteiger partial charge in [0.25, 0.3) is 0 Å². The van der Waals surface area contributed by atoms with Crippen molar-refractivity contribution in [3.63, 3.8) is 0 Å². The summed E-state index contributed by atoms with van der Waals surface area (Å²) in [4.78, 5) is 10.2. The summed E-state index contributed by atoms with van der Waals surface area (Å²) in [7, 11) is 1.79. The Kier molecular flexibility index (Phi) is 4.03. The van der Waals surface area contributed by atoms with Gasteiger partial charge in [0.1, 0.15) is 10.6 Å². The van der Waals surface area contributed by atoms with Gasteiger partial charge in [0.2, 0.25) is 5.95 Å². The summed E-state index contributed by atoms with van der Waals surface area (Å²) in [5.74, 6) is 1.61. The molecule has 1 aliphatic rings. The molecule has 0 radical (unpaired) electrons. The third-order valence-electron chi connectivity index (χ3n) is 3.74. The molecule has 0 amide bonds. The minimum Gasteiger partial charge on any atom is -0.379 e. The maximum Gasteiger partial charge on any atom is 0.226 e. The molecular formula is C14H20N4OS. The summed E-state index contributed by atoms with van der Waals surface area (Å²) < 4.78 is 5.55. The van der Waals surface area contributed by atoms with Crippen LogP contribution in [0.5, 0.6) is 0 Å². The zero-order valence-corrected chi connectivity index (χ0v) is 12.7. The first kappa shape index (κ1) is 13.6. The highest BCUT2D eigenvalue weighted by Gasteiger charge is 2.28. The van der Waals surface area contributed by atoms with Gasteiger partial charge in [-0.05, 0) is 37.6 Å². The molecule has 5 nitrogen and oxygen atoms in total. The van der Waals surface area contributed by atoms with Gasteiger partial charge in [0.05, 0.1) is 17.5 Å². The smallest absolute Gasteiger partial charge is 0.226 e. The van der Waals surface area contributed by atoms with Gasteiger partial charge in [-0.2, -0.15) is 4.98 Å². The molecule has 0 aliphatic heterocycles. The maximum absolute atomic E-state index is 5.55. The first-order valence-corrected chi connectivity index (χ1v) is 7.98. The Labute approximate surface area is 122 Å². The molecule has 2 aromatic heterocycles. The van der Waals surface area contributed by atoms with E-state index in [1.165, 1.54) is 6.42 Å². The van der Waals surface area contributed by atoms with Crippen molar-refractivity contribution < 1.29 is 4.74 Å². The molecule has 1 saturated carbocycles. The van der Waals surface area contributed by atoms with Crippen LogP contribution >= 0.6 is 11.3 Å². The van der Waals surface area contributed by atoms with Crippen molar-refractivity contribution in [3.05, 3.63) is 11.4 Å². The van der Waals surface area contributed by atoms with E-state index < -0.39 is 0 Å². The van der Waals surface area contributed by atoms with E-state index in [1.807, 2.05) is 6.92 Å². The van der Waals surface area contributed by atoms with Crippen LogP contribution in [0.4, 0.5) is 11.8 Å². The second-order valence-electron chi connectivity index (χ2n) is 5.02. The quantitative estimate of drug-likeness (QED) is 0.887. The number of rotatable bonds is 5. The van der Waals surface area contributed by atoms with Gasteiger partial charge in [0, 0.05) is 13.7 Å². The Balaban J connectivity index is 1.90. The second-order valence-corrected chi connectivity index (χ2v) is 5.92. The van der Waals surface area contributed by atoms with Gasteiger partial charge in [-0.1, -0.05) is 0 Å². The lowest BCUT2D eigenvalue weighted by Crippen LogP contribution is -2.30. The van der Waals surface area contributed by atoms with Crippen LogP contribution in [0.25, 0.3) is 10.2 Å². The molecular weight excluding hydrogens is 272 g/mol. The van der Waals surface area contributed by atoms with Crippen LogP contribution in [0.1, 0.15) is 26.2 Å². The molecule has 1 fully saturated rings. The van der Waals surface area contributed by atoms with Crippen LogP contribution in [0.3, 0.4) is 0 Å². The van der Waals surface area contributed by atoms with Crippen molar-refractivity contribution in [2.24, 2.45) is 0 Å². The lowest BCUT2D eigenvalue weighted by Gasteiger charge is -2.20. The molecule has 0 aromatic carbocycles. The SMILES string of the molecule is CCNc1nc(NC2CCCC2OC)c2ccsc2n1. The predicted octanol–water partition coefficient (Wildman–Crippen LogP) is 3.10. The van der Waals surface area contributed by atoms with E-state index in [2.05, 4.69) is 32.0 Å². The number of ether oxygens (including phenoxy) is 1. The molecule has 2 atom stereocenters. The third kappa shape index (κ3) is 2.58. The Bertz CT molecular complexity index is 586. The number of thiophene rings is 1. The average Bonchev–Trinajstić information content (AvgIpc) is 3.07. The van der Waals surface area contributed by atoms with E-state index in [1.54, 1.807) is 18.4 Å². The van der Waals surface area contributed by atoms with Gasteiger partial charge in [-0.3, -0.25) is 0 Å². The lowest BCUT2D eigenvalue weighted by atomic mass is 10.2. The van der Waals surface area contributed by atoms with Crippen molar-refractivity contribution in [2.45, 2.75) is 38.3 Å². The second kappa shape index (κ2) is 5.93. The molecule has 108 valence electrons. The van der Waals surface area contributed by atoms with Gasteiger partial charge in [-0.25, -0.2) is 4.98 Å². The van der Waals surface area contributed by atoms with E-state index >= 15 is 0 Å². The maximum atomic E-state index is 5.55. The molecule has 0 saturated heterocycles. The topological polar surface area (TPSA) is 59.1 Å². The fourth-order valence-electron chi connectivity index (χ4n) is 2.75. The first-order valence-electron chi connectivity index (χ1n) is 7.10. The molecule has 1 aliphatic carbocycles. The van der Waals surface area contributed by atoms with E-state index in [4.69, 9.17) is 4.74 Å². The predicted molar refractivity (Wildman–Crippen MR) is 83.6 cm³/mol. The Morgan fingerprint density at radius 2 is 2.30 bits per heavy atom. The zero-order chi connectivity index (χ0) is 13.9. The first-order chi connectivity index (χ1) is 9.81. The standard InChI is InChI=1S/C14H20N4OS/c1-3-15-14-17-12(9-7-8-20-13(9)18-14)16-10-5-4-6-11(10)19-2/h7-8,10-11H,3-6H2,1-2H3,(H2,15,16,17,18). The highest BCUT2D eigenvalue weighted by Crippen LogP contribution is 2.30. The number of anilines is 2. The van der Waals surface area contributed by atoms with Crippen molar-refractivity contribution in [2.75, 3.05) is 24.3 Å². The number of nitrogens with one attached hydrogen (secondary N) is 2. The number of hydrogen-bond acceptors (Lipinski definition) is 6. The summed E-state index contributed by atoms with van der Waals surface area (Å²) in [6, 6.07) is 2.42. The highest BCUT2D eigenvalue weighted by molar-refractivity contribution is 7.16. The number of nitrogens with zero attached hydrogens (tertiary/aromatic N) is 2. The summed E-state index contributed by atoms with van der Waals surface area (Å²) in [5, 5.41) is 9.91. The Hall–Kier alpha value is -1.40. The summed E-state index contributed by atoms with van der Waals surface area (Å²) in [6.07, 6.45) is 3.73. The van der Waals surface area contributed by atoms with Gasteiger partial charge >= 0.3 is 0 Å². The van der Waals surface area contributed by atoms with Crippen LogP contribution in [-0.2, 0) is 4.74 Å². The minimum atomic E-state index is 0.279. The number of aromatic nitrogens is 2. The van der Waals surface area contributed by atoms with Crippen LogP contribution in [0.2, 0.25) is 0 Å². The molecule has 2 aromatic rings. The molecule has 20 heavy (non-hydrogen) atoms. The zero-order valence-electron chi connectivity index (χ0n) is 11.8. The van der Waals surface area contributed by atoms with Crippen molar-refractivity contribution in [3.8, 4) is 0 Å². The van der Waals surface area contributed by atoms with Crippen molar-refractivity contribution >= 4 is 33.3 Å². The number of hydrogen-bond donors (Lipinski definition) is 2. The van der Waals surface area contributed by atoms with E-state index in [0.717, 1.165) is 35.4 Å². The summed E-state index contributed by atoms with van der Waals surface area (Å²) in [5.41, 5.74) is 0. The van der Waals surface area contributed by atoms with Gasteiger partial charge < -0.3 is 15.4 Å². The lowest BCUT2D eigenvalue weighted by molar-refractivity contribution is 0.101. The van der Waals surface area contributed by atoms with Gasteiger partial charge in [-0.15, -0.1) is 11.3 Å². The number of fused-ring (bicyclic) bond motifs is 1. The summed E-state index contributed by atoms with van der Waals surface area (Å²) in [6.45, 7) is 2.87. The average molecular weight is 292 g/mol. The molecule has 0 spiro atoms. The minimum absolute atomic E-state index is 0.279. The van der Waals surface area contributed by atoms with E-state index in [0.29, 0.717) is 12.0 Å². The summed E-state index contributed by atoms with van der Waals surface area (Å²) >= 11 is 1.64. The van der Waals surface area contributed by atoms with Crippen LogP contribution in [-0.4, -0.2) is 35.8 Å². The van der Waals surface area contributed by atoms with Crippen molar-refractivity contribution in [1.29, 1.82) is 0 Å². The Morgan fingerprint density at radius 1 is 1.40 bits per heavy atom. The monoisotopic (exact) mass is 292 g/mol. The molecule has 2 heterocycles. The van der Waals surface area contributed by atoms with Crippen LogP contribution < -0.4 is 10.6 Å². The molecule has 2 N–H and O–H groups in total. The number of methoxy groups -OCH3 is 1. The fraction of sp³-hybridized carbons (Fsp3) is 0.571. The van der Waals surface area contributed by atoms with Crippen molar-refractivity contribution in [1.82, 2.24) is 9.97 Å². The molecule has 6 heteroatoms. The molecule has 0 bridgehead atoms. The Morgan fingerprint density at radius 3 is 3.10 bits per heavy atom. The highest BCUT2D eigenvalue weighted by atomic mass is 32.1. The third-order valence-corrected chi connectivity index (χ3v) is 4.54.